The summed E-state index contributed by atoms with van der Waals surface area (Å²) in [7, 11) is 0. The van der Waals surface area contributed by atoms with Gasteiger partial charge in [0.1, 0.15) is 5.58 Å². The Labute approximate surface area is 149 Å². The molecule has 0 fully saturated rings. The highest BCUT2D eigenvalue weighted by molar-refractivity contribution is 7.14. The molecule has 2 aromatic heterocycles. The zero-order valence-corrected chi connectivity index (χ0v) is 14.5. The maximum absolute atomic E-state index is 12.4. The number of rotatable bonds is 4. The van der Waals surface area contributed by atoms with E-state index < -0.39 is 0 Å². The monoisotopic (exact) mass is 348 g/mol. The first-order valence-electron chi connectivity index (χ1n) is 7.96. The first-order valence-corrected chi connectivity index (χ1v) is 8.84. The Morgan fingerprint density at radius 2 is 2.04 bits per heavy atom. The fourth-order valence-electron chi connectivity index (χ4n) is 2.74. The SMILES string of the molecule is Cc1ccc2c(CC(=O)Nc3nc(-c4ccccc4)cs3)coc2c1. The second-order valence-electron chi connectivity index (χ2n) is 5.89. The normalized spacial score (nSPS) is 10.9. The van der Waals surface area contributed by atoms with Crippen LogP contribution in [0, 0.1) is 6.92 Å². The quantitative estimate of drug-likeness (QED) is 0.562. The summed E-state index contributed by atoms with van der Waals surface area (Å²) in [5.41, 5.74) is 4.73. The third-order valence-electron chi connectivity index (χ3n) is 3.98. The number of benzene rings is 2. The summed E-state index contributed by atoms with van der Waals surface area (Å²) in [6.07, 6.45) is 1.91. The molecule has 4 nitrogen and oxygen atoms in total. The Kier molecular flexibility index (Phi) is 4.07. The van der Waals surface area contributed by atoms with Crippen molar-refractivity contribution in [2.75, 3.05) is 5.32 Å². The van der Waals surface area contributed by atoms with Gasteiger partial charge in [-0.3, -0.25) is 4.79 Å². The Balaban J connectivity index is 1.48. The highest BCUT2D eigenvalue weighted by Gasteiger charge is 2.12. The van der Waals surface area contributed by atoms with Crippen LogP contribution in [-0.2, 0) is 11.2 Å². The molecule has 0 aliphatic carbocycles. The highest BCUT2D eigenvalue weighted by Crippen LogP contribution is 2.26. The van der Waals surface area contributed by atoms with Crippen molar-refractivity contribution in [2.24, 2.45) is 0 Å². The van der Waals surface area contributed by atoms with Gasteiger partial charge in [-0.15, -0.1) is 11.3 Å². The maximum atomic E-state index is 12.4. The van der Waals surface area contributed by atoms with Crippen molar-refractivity contribution < 1.29 is 9.21 Å². The van der Waals surface area contributed by atoms with Gasteiger partial charge < -0.3 is 9.73 Å². The minimum Gasteiger partial charge on any atom is -0.464 e. The first kappa shape index (κ1) is 15.6. The van der Waals surface area contributed by atoms with Crippen molar-refractivity contribution in [1.82, 2.24) is 4.98 Å². The molecule has 2 heterocycles. The molecule has 1 amide bonds. The van der Waals surface area contributed by atoms with E-state index in [0.29, 0.717) is 5.13 Å². The lowest BCUT2D eigenvalue weighted by atomic mass is 10.1. The molecule has 4 rings (SSSR count). The molecule has 4 aromatic rings. The van der Waals surface area contributed by atoms with Crippen LogP contribution in [0.4, 0.5) is 5.13 Å². The van der Waals surface area contributed by atoms with Gasteiger partial charge in [-0.2, -0.15) is 0 Å². The second kappa shape index (κ2) is 6.53. The molecule has 0 atom stereocenters. The average Bonchev–Trinajstić information content (AvgIpc) is 3.23. The maximum Gasteiger partial charge on any atom is 0.230 e. The van der Waals surface area contributed by atoms with Crippen molar-refractivity contribution in [3.63, 3.8) is 0 Å². The number of hydrogen-bond donors (Lipinski definition) is 1. The van der Waals surface area contributed by atoms with E-state index in [-0.39, 0.29) is 12.3 Å². The Morgan fingerprint density at radius 1 is 1.20 bits per heavy atom. The van der Waals surface area contributed by atoms with Crippen LogP contribution in [0.15, 0.2) is 64.6 Å². The number of furan rings is 1. The van der Waals surface area contributed by atoms with Gasteiger partial charge >= 0.3 is 0 Å². The highest BCUT2D eigenvalue weighted by atomic mass is 32.1. The number of carbonyl (C=O) groups excluding carboxylic acids is 1. The van der Waals surface area contributed by atoms with Crippen LogP contribution in [0.2, 0.25) is 0 Å². The van der Waals surface area contributed by atoms with E-state index in [1.165, 1.54) is 11.3 Å². The summed E-state index contributed by atoms with van der Waals surface area (Å²) in [6, 6.07) is 15.9. The lowest BCUT2D eigenvalue weighted by Crippen LogP contribution is -2.13. The molecule has 0 bridgehead atoms. The molecule has 0 aliphatic heterocycles. The average molecular weight is 348 g/mol. The van der Waals surface area contributed by atoms with Crippen LogP contribution in [0.5, 0.6) is 0 Å². The number of nitrogens with zero attached hydrogens (tertiary/aromatic N) is 1. The van der Waals surface area contributed by atoms with E-state index in [4.69, 9.17) is 4.42 Å². The fraction of sp³-hybridized carbons (Fsp3) is 0.100. The molecule has 2 aromatic carbocycles. The van der Waals surface area contributed by atoms with Crippen LogP contribution >= 0.6 is 11.3 Å². The van der Waals surface area contributed by atoms with Crippen LogP contribution in [0.25, 0.3) is 22.2 Å². The molecular formula is C20H16N2O2S. The third kappa shape index (κ3) is 3.32. The van der Waals surface area contributed by atoms with Gasteiger partial charge in [0, 0.05) is 21.9 Å². The molecule has 0 unspecified atom stereocenters. The van der Waals surface area contributed by atoms with Crippen molar-refractivity contribution >= 4 is 33.3 Å². The van der Waals surface area contributed by atoms with E-state index >= 15 is 0 Å². The van der Waals surface area contributed by atoms with E-state index in [9.17, 15) is 4.79 Å². The number of fused-ring (bicyclic) bond motifs is 1. The van der Waals surface area contributed by atoms with Crippen LogP contribution in [-0.4, -0.2) is 10.9 Å². The van der Waals surface area contributed by atoms with Crippen molar-refractivity contribution in [1.29, 1.82) is 0 Å². The van der Waals surface area contributed by atoms with E-state index in [1.807, 2.05) is 60.8 Å². The number of anilines is 1. The lowest BCUT2D eigenvalue weighted by molar-refractivity contribution is -0.115. The zero-order valence-electron chi connectivity index (χ0n) is 13.7. The number of nitrogens with one attached hydrogen (secondary N) is 1. The van der Waals surface area contributed by atoms with Crippen LogP contribution < -0.4 is 5.32 Å². The summed E-state index contributed by atoms with van der Waals surface area (Å²) in [4.78, 5) is 16.8. The summed E-state index contributed by atoms with van der Waals surface area (Å²) in [5.74, 6) is -0.0998. The van der Waals surface area contributed by atoms with Crippen molar-refractivity contribution in [3.05, 3.63) is 71.3 Å². The Bertz CT molecular complexity index is 1030. The van der Waals surface area contributed by atoms with Gasteiger partial charge in [-0.05, 0) is 18.6 Å². The lowest BCUT2D eigenvalue weighted by Gasteiger charge is -2.01. The van der Waals surface area contributed by atoms with Gasteiger partial charge in [0.2, 0.25) is 5.91 Å². The number of aromatic nitrogens is 1. The van der Waals surface area contributed by atoms with Gasteiger partial charge in [0.15, 0.2) is 5.13 Å². The topological polar surface area (TPSA) is 55.1 Å². The minimum atomic E-state index is -0.0998. The number of hydrogen-bond acceptors (Lipinski definition) is 4. The van der Waals surface area contributed by atoms with Crippen LogP contribution in [0.3, 0.4) is 0 Å². The van der Waals surface area contributed by atoms with Gasteiger partial charge in [-0.25, -0.2) is 4.98 Å². The molecule has 0 radical (unpaired) electrons. The van der Waals surface area contributed by atoms with Crippen LogP contribution in [0.1, 0.15) is 11.1 Å². The molecule has 1 N–H and O–H groups in total. The smallest absolute Gasteiger partial charge is 0.230 e. The second-order valence-corrected chi connectivity index (χ2v) is 6.75. The number of carbonyl (C=O) groups is 1. The largest absolute Gasteiger partial charge is 0.464 e. The fourth-order valence-corrected chi connectivity index (χ4v) is 3.47. The molecular weight excluding hydrogens is 332 g/mol. The van der Waals surface area contributed by atoms with E-state index in [0.717, 1.165) is 33.4 Å². The van der Waals surface area contributed by atoms with Gasteiger partial charge in [0.25, 0.3) is 0 Å². The molecule has 25 heavy (non-hydrogen) atoms. The summed E-state index contributed by atoms with van der Waals surface area (Å²) in [5, 5.41) is 6.40. The summed E-state index contributed by atoms with van der Waals surface area (Å²) >= 11 is 1.42. The van der Waals surface area contributed by atoms with Crippen molar-refractivity contribution in [2.45, 2.75) is 13.3 Å². The number of amides is 1. The first-order chi connectivity index (χ1) is 12.2. The predicted molar refractivity (Wildman–Crippen MR) is 101 cm³/mol. The molecule has 0 saturated carbocycles. The minimum absolute atomic E-state index is 0.0998. The molecule has 0 saturated heterocycles. The Morgan fingerprint density at radius 3 is 2.88 bits per heavy atom. The molecule has 0 aliphatic rings. The molecule has 0 spiro atoms. The third-order valence-corrected chi connectivity index (χ3v) is 4.74. The zero-order chi connectivity index (χ0) is 17.2. The standard InChI is InChI=1S/C20H16N2O2S/c1-13-7-8-16-15(11-24-18(16)9-13)10-19(23)22-20-21-17(12-25-20)14-5-3-2-4-6-14/h2-9,11-12H,10H2,1H3,(H,21,22,23). The summed E-state index contributed by atoms with van der Waals surface area (Å²) in [6.45, 7) is 2.02. The molecule has 5 heteroatoms. The Hall–Kier alpha value is -2.92. The summed E-state index contributed by atoms with van der Waals surface area (Å²) < 4.78 is 5.55. The number of aryl methyl sites for hydroxylation is 1. The molecule has 124 valence electrons. The van der Waals surface area contributed by atoms with E-state index in [2.05, 4.69) is 10.3 Å². The van der Waals surface area contributed by atoms with Gasteiger partial charge in [0.05, 0.1) is 18.4 Å². The predicted octanol–water partition coefficient (Wildman–Crippen LogP) is 5.05. The van der Waals surface area contributed by atoms with E-state index in [1.54, 1.807) is 6.26 Å². The number of thiazole rings is 1. The van der Waals surface area contributed by atoms with Crippen molar-refractivity contribution in [3.8, 4) is 11.3 Å². The van der Waals surface area contributed by atoms with Gasteiger partial charge in [-0.1, -0.05) is 42.5 Å².